The number of ether oxygens (including phenoxy) is 2. The SMILES string of the molecule is CNc1ccc(C(=O)NCCCCOCCOC)nc1. The largest absolute Gasteiger partial charge is 0.387 e. The molecule has 0 atom stereocenters. The zero-order chi connectivity index (χ0) is 14.6. The lowest BCUT2D eigenvalue weighted by atomic mass is 10.3. The molecule has 1 aromatic rings. The molecule has 112 valence electrons. The van der Waals surface area contributed by atoms with E-state index >= 15 is 0 Å². The van der Waals surface area contributed by atoms with Crippen LogP contribution in [-0.2, 0) is 9.47 Å². The van der Waals surface area contributed by atoms with E-state index in [2.05, 4.69) is 15.6 Å². The van der Waals surface area contributed by atoms with Crippen LogP contribution in [-0.4, -0.2) is 51.4 Å². The Balaban J connectivity index is 2.10. The maximum Gasteiger partial charge on any atom is 0.269 e. The summed E-state index contributed by atoms with van der Waals surface area (Å²) in [6.45, 7) is 2.55. The number of aromatic nitrogens is 1. The zero-order valence-electron chi connectivity index (χ0n) is 12.1. The van der Waals surface area contributed by atoms with Crippen molar-refractivity contribution < 1.29 is 14.3 Å². The van der Waals surface area contributed by atoms with Gasteiger partial charge in [-0.25, -0.2) is 4.98 Å². The van der Waals surface area contributed by atoms with Gasteiger partial charge in [0, 0.05) is 27.3 Å². The number of anilines is 1. The highest BCUT2D eigenvalue weighted by Crippen LogP contribution is 2.04. The molecule has 6 nitrogen and oxygen atoms in total. The predicted octanol–water partition coefficient (Wildman–Crippen LogP) is 1.30. The molecule has 0 spiro atoms. The van der Waals surface area contributed by atoms with Gasteiger partial charge in [0.1, 0.15) is 5.69 Å². The molecule has 1 heterocycles. The van der Waals surface area contributed by atoms with E-state index in [1.807, 2.05) is 13.1 Å². The number of carbonyl (C=O) groups is 1. The first-order chi connectivity index (χ1) is 9.77. The number of nitrogens with zero attached hydrogens (tertiary/aromatic N) is 1. The van der Waals surface area contributed by atoms with Gasteiger partial charge in [-0.3, -0.25) is 4.79 Å². The first-order valence-corrected chi connectivity index (χ1v) is 6.76. The molecule has 1 amide bonds. The Hall–Kier alpha value is -1.66. The number of hydrogen-bond donors (Lipinski definition) is 2. The van der Waals surface area contributed by atoms with Crippen LogP contribution in [0.1, 0.15) is 23.3 Å². The molecule has 0 bridgehead atoms. The Morgan fingerprint density at radius 1 is 1.25 bits per heavy atom. The van der Waals surface area contributed by atoms with Crippen LogP contribution in [0.2, 0.25) is 0 Å². The van der Waals surface area contributed by atoms with E-state index in [1.165, 1.54) is 0 Å². The smallest absolute Gasteiger partial charge is 0.269 e. The molecule has 0 saturated carbocycles. The fourth-order valence-corrected chi connectivity index (χ4v) is 1.54. The predicted molar refractivity (Wildman–Crippen MR) is 78.0 cm³/mol. The summed E-state index contributed by atoms with van der Waals surface area (Å²) < 4.78 is 10.2. The Morgan fingerprint density at radius 3 is 2.75 bits per heavy atom. The van der Waals surface area contributed by atoms with E-state index in [4.69, 9.17) is 9.47 Å². The highest BCUT2D eigenvalue weighted by atomic mass is 16.5. The van der Waals surface area contributed by atoms with Gasteiger partial charge in [-0.15, -0.1) is 0 Å². The first-order valence-electron chi connectivity index (χ1n) is 6.76. The number of unbranched alkanes of at least 4 members (excludes halogenated alkanes) is 1. The van der Waals surface area contributed by atoms with Gasteiger partial charge in [-0.2, -0.15) is 0 Å². The summed E-state index contributed by atoms with van der Waals surface area (Å²) in [5.41, 5.74) is 1.31. The summed E-state index contributed by atoms with van der Waals surface area (Å²) in [4.78, 5) is 15.9. The molecule has 0 radical (unpaired) electrons. The highest BCUT2D eigenvalue weighted by molar-refractivity contribution is 5.92. The minimum atomic E-state index is -0.145. The van der Waals surface area contributed by atoms with E-state index in [0.717, 1.165) is 18.5 Å². The number of hydrogen-bond acceptors (Lipinski definition) is 5. The zero-order valence-corrected chi connectivity index (χ0v) is 12.1. The van der Waals surface area contributed by atoms with Crippen molar-refractivity contribution in [3.8, 4) is 0 Å². The van der Waals surface area contributed by atoms with Crippen molar-refractivity contribution in [1.82, 2.24) is 10.3 Å². The number of amides is 1. The van der Waals surface area contributed by atoms with Crippen LogP contribution in [0, 0.1) is 0 Å². The van der Waals surface area contributed by atoms with Crippen LogP contribution >= 0.6 is 0 Å². The summed E-state index contributed by atoms with van der Waals surface area (Å²) in [6, 6.07) is 3.53. The van der Waals surface area contributed by atoms with Crippen molar-refractivity contribution in [2.45, 2.75) is 12.8 Å². The van der Waals surface area contributed by atoms with Gasteiger partial charge in [0.05, 0.1) is 25.1 Å². The monoisotopic (exact) mass is 281 g/mol. The average Bonchev–Trinajstić information content (AvgIpc) is 2.50. The van der Waals surface area contributed by atoms with Crippen molar-refractivity contribution in [2.24, 2.45) is 0 Å². The van der Waals surface area contributed by atoms with Gasteiger partial charge in [0.15, 0.2) is 0 Å². The Kier molecular flexibility index (Phi) is 8.33. The molecule has 0 unspecified atom stereocenters. The van der Waals surface area contributed by atoms with Gasteiger partial charge >= 0.3 is 0 Å². The van der Waals surface area contributed by atoms with E-state index in [-0.39, 0.29) is 5.91 Å². The molecule has 0 aliphatic rings. The number of nitrogens with one attached hydrogen (secondary N) is 2. The van der Waals surface area contributed by atoms with Gasteiger partial charge < -0.3 is 20.1 Å². The van der Waals surface area contributed by atoms with Crippen LogP contribution in [0.5, 0.6) is 0 Å². The average molecular weight is 281 g/mol. The van der Waals surface area contributed by atoms with E-state index < -0.39 is 0 Å². The molecule has 6 heteroatoms. The van der Waals surface area contributed by atoms with Crippen molar-refractivity contribution in [2.75, 3.05) is 45.8 Å². The van der Waals surface area contributed by atoms with Crippen LogP contribution < -0.4 is 10.6 Å². The van der Waals surface area contributed by atoms with Crippen LogP contribution in [0.15, 0.2) is 18.3 Å². The molecular weight excluding hydrogens is 258 g/mol. The van der Waals surface area contributed by atoms with Crippen molar-refractivity contribution in [1.29, 1.82) is 0 Å². The van der Waals surface area contributed by atoms with Crippen LogP contribution in [0.25, 0.3) is 0 Å². The molecule has 0 aromatic carbocycles. The Labute approximate surface area is 119 Å². The quantitative estimate of drug-likeness (QED) is 0.632. The van der Waals surface area contributed by atoms with Crippen LogP contribution in [0.3, 0.4) is 0 Å². The summed E-state index contributed by atoms with van der Waals surface area (Å²) in [5, 5.41) is 5.79. The first kappa shape index (κ1) is 16.4. The number of carbonyl (C=O) groups excluding carboxylic acids is 1. The van der Waals surface area contributed by atoms with Crippen molar-refractivity contribution >= 4 is 11.6 Å². The van der Waals surface area contributed by atoms with E-state index in [0.29, 0.717) is 32.1 Å². The summed E-state index contributed by atoms with van der Waals surface area (Å²) in [7, 11) is 3.46. The topological polar surface area (TPSA) is 72.5 Å². The minimum absolute atomic E-state index is 0.145. The third-order valence-electron chi connectivity index (χ3n) is 2.72. The van der Waals surface area contributed by atoms with Crippen LogP contribution in [0.4, 0.5) is 5.69 Å². The Bertz CT molecular complexity index is 382. The summed E-state index contributed by atoms with van der Waals surface area (Å²) in [5.74, 6) is -0.145. The number of pyridine rings is 1. The van der Waals surface area contributed by atoms with Gasteiger partial charge in [0.2, 0.25) is 0 Å². The summed E-state index contributed by atoms with van der Waals surface area (Å²) in [6.07, 6.45) is 3.43. The van der Waals surface area contributed by atoms with Gasteiger partial charge in [-0.05, 0) is 25.0 Å². The lowest BCUT2D eigenvalue weighted by Crippen LogP contribution is -2.25. The molecule has 0 aliphatic carbocycles. The molecule has 1 rings (SSSR count). The highest BCUT2D eigenvalue weighted by Gasteiger charge is 2.05. The lowest BCUT2D eigenvalue weighted by molar-refractivity contribution is 0.0686. The van der Waals surface area contributed by atoms with Gasteiger partial charge in [0.25, 0.3) is 5.91 Å². The van der Waals surface area contributed by atoms with E-state index in [1.54, 1.807) is 19.4 Å². The number of methoxy groups -OCH3 is 1. The van der Waals surface area contributed by atoms with E-state index in [9.17, 15) is 4.79 Å². The van der Waals surface area contributed by atoms with Gasteiger partial charge in [-0.1, -0.05) is 0 Å². The van der Waals surface area contributed by atoms with Crippen molar-refractivity contribution in [3.63, 3.8) is 0 Å². The standard InChI is InChI=1S/C14H23N3O3/c1-15-12-5-6-13(17-11-12)14(18)16-7-3-4-8-20-10-9-19-2/h5-6,11,15H,3-4,7-10H2,1-2H3,(H,16,18). The minimum Gasteiger partial charge on any atom is -0.387 e. The lowest BCUT2D eigenvalue weighted by Gasteiger charge is -2.06. The molecule has 1 aromatic heterocycles. The fourth-order valence-electron chi connectivity index (χ4n) is 1.54. The second-order valence-corrected chi connectivity index (χ2v) is 4.25. The molecule has 0 saturated heterocycles. The second kappa shape index (κ2) is 10.2. The second-order valence-electron chi connectivity index (χ2n) is 4.25. The molecular formula is C14H23N3O3. The molecule has 20 heavy (non-hydrogen) atoms. The Morgan fingerprint density at radius 2 is 2.10 bits per heavy atom. The summed E-state index contributed by atoms with van der Waals surface area (Å²) >= 11 is 0. The van der Waals surface area contributed by atoms with Crippen molar-refractivity contribution in [3.05, 3.63) is 24.0 Å². The maximum absolute atomic E-state index is 11.8. The molecule has 0 aliphatic heterocycles. The normalized spacial score (nSPS) is 10.3. The number of rotatable bonds is 10. The molecule has 2 N–H and O–H groups in total. The third-order valence-corrected chi connectivity index (χ3v) is 2.72. The molecule has 0 fully saturated rings. The third kappa shape index (κ3) is 6.49. The fraction of sp³-hybridized carbons (Fsp3) is 0.571. The maximum atomic E-state index is 11.8.